The quantitative estimate of drug-likeness (QED) is 0.904. The normalized spacial score (nSPS) is 18.5. The minimum absolute atomic E-state index is 0.0407. The van der Waals surface area contributed by atoms with Gasteiger partial charge in [-0.1, -0.05) is 0 Å². The number of carbonyl (C=O) groups is 2. The predicted molar refractivity (Wildman–Crippen MR) is 77.5 cm³/mol. The smallest absolute Gasteiger partial charge is 0.229 e. The van der Waals surface area contributed by atoms with E-state index in [1.807, 2.05) is 6.92 Å². The molecule has 1 atom stereocenters. The highest BCUT2D eigenvalue weighted by Gasteiger charge is 2.33. The van der Waals surface area contributed by atoms with Crippen LogP contribution >= 0.6 is 0 Å². The molecule has 2 aromatic rings. The summed E-state index contributed by atoms with van der Waals surface area (Å²) in [6.07, 6.45) is 3.59. The van der Waals surface area contributed by atoms with Crippen LogP contribution in [-0.4, -0.2) is 44.6 Å². The van der Waals surface area contributed by atoms with Crippen LogP contribution in [0.3, 0.4) is 0 Å². The number of aromatic nitrogens is 3. The second kappa shape index (κ2) is 5.16. The Balaban J connectivity index is 1.80. The fourth-order valence-electron chi connectivity index (χ4n) is 2.64. The van der Waals surface area contributed by atoms with Gasteiger partial charge in [0.05, 0.1) is 23.2 Å². The minimum atomic E-state index is -0.294. The van der Waals surface area contributed by atoms with Crippen molar-refractivity contribution < 1.29 is 9.59 Å². The molecular formula is C14H17N5O2. The van der Waals surface area contributed by atoms with Gasteiger partial charge >= 0.3 is 0 Å². The van der Waals surface area contributed by atoms with Gasteiger partial charge in [0.25, 0.3) is 0 Å². The SMILES string of the molecule is CCN1CC(C(=O)Nc2ccnc3c2cnn3C)CC1=O. The van der Waals surface area contributed by atoms with Gasteiger partial charge in [0.1, 0.15) is 0 Å². The number of amides is 2. The molecule has 0 radical (unpaired) electrons. The van der Waals surface area contributed by atoms with E-state index >= 15 is 0 Å². The first-order valence-corrected chi connectivity index (χ1v) is 6.95. The van der Waals surface area contributed by atoms with Gasteiger partial charge in [-0.05, 0) is 13.0 Å². The van der Waals surface area contributed by atoms with Crippen LogP contribution in [0.5, 0.6) is 0 Å². The van der Waals surface area contributed by atoms with Crippen molar-refractivity contribution in [2.75, 3.05) is 18.4 Å². The van der Waals surface area contributed by atoms with Gasteiger partial charge in [-0.3, -0.25) is 14.3 Å². The third-order valence-corrected chi connectivity index (χ3v) is 3.86. The van der Waals surface area contributed by atoms with Crippen molar-refractivity contribution in [3.05, 3.63) is 18.5 Å². The van der Waals surface area contributed by atoms with E-state index in [9.17, 15) is 9.59 Å². The summed E-state index contributed by atoms with van der Waals surface area (Å²) in [7, 11) is 1.80. The highest BCUT2D eigenvalue weighted by Crippen LogP contribution is 2.23. The Morgan fingerprint density at radius 1 is 1.52 bits per heavy atom. The maximum absolute atomic E-state index is 12.3. The molecule has 7 nitrogen and oxygen atoms in total. The number of nitrogens with zero attached hydrogens (tertiary/aromatic N) is 4. The van der Waals surface area contributed by atoms with Crippen molar-refractivity contribution in [3.8, 4) is 0 Å². The summed E-state index contributed by atoms with van der Waals surface area (Å²) < 4.78 is 1.66. The molecule has 0 spiro atoms. The number of carbonyl (C=O) groups excluding carboxylic acids is 2. The van der Waals surface area contributed by atoms with E-state index in [0.29, 0.717) is 24.4 Å². The van der Waals surface area contributed by atoms with Gasteiger partial charge in [0, 0.05) is 32.8 Å². The molecule has 0 bridgehead atoms. The topological polar surface area (TPSA) is 80.1 Å². The first kappa shape index (κ1) is 13.5. The Labute approximate surface area is 121 Å². The molecule has 1 unspecified atom stereocenters. The summed E-state index contributed by atoms with van der Waals surface area (Å²) in [5.74, 6) is -0.383. The van der Waals surface area contributed by atoms with Crippen molar-refractivity contribution >= 4 is 28.5 Å². The summed E-state index contributed by atoms with van der Waals surface area (Å²) in [5.41, 5.74) is 1.39. The van der Waals surface area contributed by atoms with Crippen LogP contribution < -0.4 is 5.32 Å². The van der Waals surface area contributed by atoms with Crippen LogP contribution in [0.15, 0.2) is 18.5 Å². The van der Waals surface area contributed by atoms with Crippen LogP contribution in [0.25, 0.3) is 11.0 Å². The van der Waals surface area contributed by atoms with E-state index in [2.05, 4.69) is 15.4 Å². The molecule has 2 aromatic heterocycles. The van der Waals surface area contributed by atoms with Crippen LogP contribution in [0.4, 0.5) is 5.69 Å². The number of nitrogens with one attached hydrogen (secondary N) is 1. The van der Waals surface area contributed by atoms with Gasteiger partial charge in [-0.2, -0.15) is 5.10 Å². The van der Waals surface area contributed by atoms with E-state index in [1.54, 1.807) is 35.1 Å². The molecule has 1 aliphatic heterocycles. The summed E-state index contributed by atoms with van der Waals surface area (Å²) in [4.78, 5) is 30.0. The number of pyridine rings is 1. The number of hydrogen-bond acceptors (Lipinski definition) is 4. The Bertz CT molecular complexity index is 708. The minimum Gasteiger partial charge on any atom is -0.342 e. The van der Waals surface area contributed by atoms with Crippen molar-refractivity contribution in [1.29, 1.82) is 0 Å². The lowest BCUT2D eigenvalue weighted by molar-refractivity contribution is -0.128. The largest absolute Gasteiger partial charge is 0.342 e. The van der Waals surface area contributed by atoms with Crippen LogP contribution in [-0.2, 0) is 16.6 Å². The van der Waals surface area contributed by atoms with Crippen LogP contribution in [0.2, 0.25) is 0 Å². The molecule has 1 saturated heterocycles. The van der Waals surface area contributed by atoms with E-state index in [-0.39, 0.29) is 24.2 Å². The molecule has 2 amide bonds. The maximum Gasteiger partial charge on any atom is 0.229 e. The van der Waals surface area contributed by atoms with Crippen molar-refractivity contribution in [2.45, 2.75) is 13.3 Å². The van der Waals surface area contributed by atoms with Gasteiger partial charge in [0.2, 0.25) is 11.8 Å². The zero-order valence-corrected chi connectivity index (χ0v) is 12.0. The molecule has 0 aliphatic carbocycles. The number of rotatable bonds is 3. The number of likely N-dealkylation sites (tertiary alicyclic amines) is 1. The first-order valence-electron chi connectivity index (χ1n) is 6.95. The van der Waals surface area contributed by atoms with E-state index in [0.717, 1.165) is 5.39 Å². The Morgan fingerprint density at radius 3 is 3.05 bits per heavy atom. The van der Waals surface area contributed by atoms with Gasteiger partial charge < -0.3 is 10.2 Å². The predicted octanol–water partition coefficient (Wildman–Crippen LogP) is 0.775. The molecule has 21 heavy (non-hydrogen) atoms. The van der Waals surface area contributed by atoms with Gasteiger partial charge in [0.15, 0.2) is 5.65 Å². The van der Waals surface area contributed by atoms with Crippen molar-refractivity contribution in [1.82, 2.24) is 19.7 Å². The average Bonchev–Trinajstić information content (AvgIpc) is 3.03. The Morgan fingerprint density at radius 2 is 2.33 bits per heavy atom. The second-order valence-electron chi connectivity index (χ2n) is 5.19. The highest BCUT2D eigenvalue weighted by atomic mass is 16.2. The lowest BCUT2D eigenvalue weighted by Gasteiger charge is -2.13. The number of hydrogen-bond donors (Lipinski definition) is 1. The third-order valence-electron chi connectivity index (χ3n) is 3.86. The maximum atomic E-state index is 12.3. The molecule has 0 aromatic carbocycles. The Hall–Kier alpha value is -2.44. The van der Waals surface area contributed by atoms with Crippen molar-refractivity contribution in [2.24, 2.45) is 13.0 Å². The number of fused-ring (bicyclic) bond motifs is 1. The van der Waals surface area contributed by atoms with E-state index in [4.69, 9.17) is 0 Å². The molecule has 7 heteroatoms. The molecule has 0 saturated carbocycles. The average molecular weight is 287 g/mol. The van der Waals surface area contributed by atoms with Crippen LogP contribution in [0, 0.1) is 5.92 Å². The second-order valence-corrected chi connectivity index (χ2v) is 5.19. The van der Waals surface area contributed by atoms with E-state index < -0.39 is 0 Å². The fraction of sp³-hybridized carbons (Fsp3) is 0.429. The number of aryl methyl sites for hydroxylation is 1. The zero-order valence-electron chi connectivity index (χ0n) is 12.0. The lowest BCUT2D eigenvalue weighted by atomic mass is 10.1. The van der Waals surface area contributed by atoms with Crippen molar-refractivity contribution in [3.63, 3.8) is 0 Å². The lowest BCUT2D eigenvalue weighted by Crippen LogP contribution is -2.28. The number of anilines is 1. The van der Waals surface area contributed by atoms with Gasteiger partial charge in [-0.15, -0.1) is 0 Å². The summed E-state index contributed by atoms with van der Waals surface area (Å²) in [6.45, 7) is 3.05. The molecule has 1 fully saturated rings. The zero-order chi connectivity index (χ0) is 15.0. The molecular weight excluding hydrogens is 270 g/mol. The molecule has 3 rings (SSSR count). The first-order chi connectivity index (χ1) is 10.1. The fourth-order valence-corrected chi connectivity index (χ4v) is 2.64. The molecule has 110 valence electrons. The summed E-state index contributed by atoms with van der Waals surface area (Å²) in [5, 5.41) is 7.83. The highest BCUT2D eigenvalue weighted by molar-refractivity contribution is 6.02. The van der Waals surface area contributed by atoms with E-state index in [1.165, 1.54) is 0 Å². The van der Waals surface area contributed by atoms with Gasteiger partial charge in [-0.25, -0.2) is 4.98 Å². The monoisotopic (exact) mass is 287 g/mol. The summed E-state index contributed by atoms with van der Waals surface area (Å²) >= 11 is 0. The van der Waals surface area contributed by atoms with Crippen LogP contribution in [0.1, 0.15) is 13.3 Å². The third kappa shape index (κ3) is 2.35. The summed E-state index contributed by atoms with van der Waals surface area (Å²) in [6, 6.07) is 1.75. The molecule has 1 N–H and O–H groups in total. The Kier molecular flexibility index (Phi) is 3.32. The molecule has 1 aliphatic rings. The molecule has 3 heterocycles. The standard InChI is InChI=1S/C14H17N5O2/c1-3-19-8-9(6-12(19)20)14(21)17-11-4-5-15-13-10(11)7-16-18(13)2/h4-5,7,9H,3,6,8H2,1-2H3,(H,15,17,21).